The highest BCUT2D eigenvalue weighted by Gasteiger charge is 2.19. The molecule has 0 amide bonds. The predicted molar refractivity (Wildman–Crippen MR) is 87.9 cm³/mol. The Kier molecular flexibility index (Phi) is 6.83. The Hall–Kier alpha value is -0.740. The molecule has 0 aliphatic heterocycles. The van der Waals surface area contributed by atoms with Gasteiger partial charge in [0, 0.05) is 16.1 Å². The van der Waals surface area contributed by atoms with Crippen molar-refractivity contribution in [3.8, 4) is 11.5 Å². The van der Waals surface area contributed by atoms with Crippen molar-refractivity contribution in [2.45, 2.75) is 33.1 Å². The lowest BCUT2D eigenvalue weighted by molar-refractivity contribution is 0.303. The summed E-state index contributed by atoms with van der Waals surface area (Å²) < 4.78 is 11.8. The fourth-order valence-electron chi connectivity index (χ4n) is 2.18. The Morgan fingerprint density at radius 2 is 1.85 bits per heavy atom. The quantitative estimate of drug-likeness (QED) is 0.772. The van der Waals surface area contributed by atoms with Crippen LogP contribution in [0.1, 0.15) is 32.3 Å². The smallest absolute Gasteiger partial charge is 0.126 e. The summed E-state index contributed by atoms with van der Waals surface area (Å²) in [7, 11) is 5.37. The second-order valence-electron chi connectivity index (χ2n) is 5.81. The van der Waals surface area contributed by atoms with E-state index in [9.17, 15) is 0 Å². The second kappa shape index (κ2) is 7.89. The molecule has 0 aliphatic rings. The Labute approximate surface area is 131 Å². The van der Waals surface area contributed by atoms with Gasteiger partial charge in [-0.25, -0.2) is 0 Å². The molecule has 114 valence electrons. The van der Waals surface area contributed by atoms with Gasteiger partial charge in [0.05, 0.1) is 14.2 Å². The molecule has 0 aliphatic carbocycles. The zero-order valence-corrected chi connectivity index (χ0v) is 14.8. The molecular weight excluding hydrogens is 318 g/mol. The average Bonchev–Trinajstić information content (AvgIpc) is 2.43. The van der Waals surface area contributed by atoms with Gasteiger partial charge in [-0.15, -0.1) is 0 Å². The highest BCUT2D eigenvalue weighted by molar-refractivity contribution is 9.10. The van der Waals surface area contributed by atoms with Gasteiger partial charge < -0.3 is 14.8 Å². The molecule has 0 bridgehead atoms. The third-order valence-electron chi connectivity index (χ3n) is 3.69. The van der Waals surface area contributed by atoms with Crippen molar-refractivity contribution in [2.75, 3.05) is 27.8 Å². The number of hydrogen-bond acceptors (Lipinski definition) is 3. The van der Waals surface area contributed by atoms with Gasteiger partial charge in [-0.3, -0.25) is 0 Å². The number of nitrogens with one attached hydrogen (secondary N) is 1. The first-order chi connectivity index (χ1) is 9.43. The lowest BCUT2D eigenvalue weighted by Gasteiger charge is -2.25. The Bertz CT molecular complexity index is 433. The van der Waals surface area contributed by atoms with E-state index in [1.165, 1.54) is 12.0 Å². The van der Waals surface area contributed by atoms with E-state index in [1.807, 2.05) is 19.2 Å². The van der Waals surface area contributed by atoms with Crippen molar-refractivity contribution in [3.05, 3.63) is 22.2 Å². The molecule has 1 rings (SSSR count). The molecule has 0 saturated heterocycles. The van der Waals surface area contributed by atoms with Gasteiger partial charge in [-0.1, -0.05) is 29.8 Å². The van der Waals surface area contributed by atoms with Crippen LogP contribution in [-0.2, 0) is 6.42 Å². The normalized spacial score (nSPS) is 11.5. The van der Waals surface area contributed by atoms with Gasteiger partial charge in [0.25, 0.3) is 0 Å². The van der Waals surface area contributed by atoms with Gasteiger partial charge in [0.1, 0.15) is 11.5 Å². The summed E-state index contributed by atoms with van der Waals surface area (Å²) in [5.74, 6) is 1.70. The molecule has 0 heterocycles. The molecule has 1 N–H and O–H groups in total. The summed E-state index contributed by atoms with van der Waals surface area (Å²) in [6.07, 6.45) is 3.28. The van der Waals surface area contributed by atoms with Gasteiger partial charge >= 0.3 is 0 Å². The fourth-order valence-corrected chi connectivity index (χ4v) is 2.80. The van der Waals surface area contributed by atoms with Crippen molar-refractivity contribution in [1.82, 2.24) is 5.32 Å². The molecule has 0 radical (unpaired) electrons. The van der Waals surface area contributed by atoms with E-state index in [2.05, 4.69) is 35.1 Å². The molecule has 0 aromatic heterocycles. The van der Waals surface area contributed by atoms with Crippen LogP contribution in [0.5, 0.6) is 11.5 Å². The molecule has 0 fully saturated rings. The lowest BCUT2D eigenvalue weighted by Crippen LogP contribution is -2.20. The van der Waals surface area contributed by atoms with Crippen molar-refractivity contribution in [3.63, 3.8) is 0 Å². The first kappa shape index (κ1) is 17.3. The molecule has 0 saturated carbocycles. The highest BCUT2D eigenvalue weighted by Crippen LogP contribution is 2.36. The Morgan fingerprint density at radius 3 is 2.40 bits per heavy atom. The minimum atomic E-state index is 0.313. The molecule has 0 atom stereocenters. The van der Waals surface area contributed by atoms with Crippen LogP contribution in [0.3, 0.4) is 0 Å². The van der Waals surface area contributed by atoms with E-state index in [1.54, 1.807) is 14.2 Å². The summed E-state index contributed by atoms with van der Waals surface area (Å²) in [5, 5.41) is 3.22. The number of halogens is 1. The van der Waals surface area contributed by atoms with Crippen LogP contribution in [0.15, 0.2) is 16.6 Å². The van der Waals surface area contributed by atoms with Gasteiger partial charge in [0.15, 0.2) is 0 Å². The fraction of sp³-hybridized carbons (Fsp3) is 0.625. The summed E-state index contributed by atoms with van der Waals surface area (Å²) in [6.45, 7) is 5.68. The van der Waals surface area contributed by atoms with Gasteiger partial charge in [0.2, 0.25) is 0 Å². The van der Waals surface area contributed by atoms with Crippen LogP contribution in [0.4, 0.5) is 0 Å². The third-order valence-corrected chi connectivity index (χ3v) is 4.39. The Balaban J connectivity index is 2.81. The summed E-state index contributed by atoms with van der Waals surface area (Å²) in [6, 6.07) is 3.94. The van der Waals surface area contributed by atoms with Crippen LogP contribution >= 0.6 is 15.9 Å². The number of methoxy groups -OCH3 is 2. The zero-order chi connectivity index (χ0) is 15.2. The van der Waals surface area contributed by atoms with E-state index < -0.39 is 0 Å². The average molecular weight is 344 g/mol. The van der Waals surface area contributed by atoms with Crippen LogP contribution in [0.2, 0.25) is 0 Å². The zero-order valence-electron chi connectivity index (χ0n) is 13.2. The monoisotopic (exact) mass is 343 g/mol. The lowest BCUT2D eigenvalue weighted by atomic mass is 9.83. The Morgan fingerprint density at radius 1 is 1.15 bits per heavy atom. The van der Waals surface area contributed by atoms with Crippen LogP contribution in [-0.4, -0.2) is 27.8 Å². The standard InChI is InChI=1S/C16H26BrNO2/c1-16(2,8-9-18-3)7-6-13-14(17)10-12(19-4)11-15(13)20-5/h10-11,18H,6-9H2,1-5H3. The first-order valence-corrected chi connectivity index (χ1v) is 7.78. The van der Waals surface area contributed by atoms with E-state index in [-0.39, 0.29) is 0 Å². The highest BCUT2D eigenvalue weighted by atomic mass is 79.9. The van der Waals surface area contributed by atoms with Crippen LogP contribution < -0.4 is 14.8 Å². The molecule has 1 aromatic carbocycles. The van der Waals surface area contributed by atoms with Crippen LogP contribution in [0.25, 0.3) is 0 Å². The van der Waals surface area contributed by atoms with E-state index in [0.29, 0.717) is 5.41 Å². The summed E-state index contributed by atoms with van der Waals surface area (Å²) >= 11 is 3.63. The predicted octanol–water partition coefficient (Wildman–Crippen LogP) is 4.03. The molecule has 3 nitrogen and oxygen atoms in total. The van der Waals surface area contributed by atoms with Gasteiger partial charge in [-0.2, -0.15) is 0 Å². The maximum absolute atomic E-state index is 5.49. The van der Waals surface area contributed by atoms with E-state index in [0.717, 1.165) is 35.4 Å². The minimum Gasteiger partial charge on any atom is -0.497 e. The maximum Gasteiger partial charge on any atom is 0.126 e. The van der Waals surface area contributed by atoms with Crippen molar-refractivity contribution < 1.29 is 9.47 Å². The SMILES string of the molecule is CNCCC(C)(C)CCc1c(Br)cc(OC)cc1OC. The largest absolute Gasteiger partial charge is 0.497 e. The molecule has 4 heteroatoms. The van der Waals surface area contributed by atoms with E-state index >= 15 is 0 Å². The number of rotatable bonds is 8. The molecule has 0 spiro atoms. The topological polar surface area (TPSA) is 30.5 Å². The third kappa shape index (κ3) is 4.98. The molecular formula is C16H26BrNO2. The minimum absolute atomic E-state index is 0.313. The van der Waals surface area contributed by atoms with Crippen molar-refractivity contribution in [2.24, 2.45) is 5.41 Å². The first-order valence-electron chi connectivity index (χ1n) is 6.98. The number of hydrogen-bond donors (Lipinski definition) is 1. The van der Waals surface area contributed by atoms with E-state index in [4.69, 9.17) is 9.47 Å². The van der Waals surface area contributed by atoms with Crippen molar-refractivity contribution in [1.29, 1.82) is 0 Å². The molecule has 0 unspecified atom stereocenters. The summed E-state index contributed by atoms with van der Waals surface area (Å²) in [5.41, 5.74) is 1.53. The molecule has 1 aromatic rings. The summed E-state index contributed by atoms with van der Waals surface area (Å²) in [4.78, 5) is 0. The maximum atomic E-state index is 5.49. The number of ether oxygens (including phenoxy) is 2. The second-order valence-corrected chi connectivity index (χ2v) is 6.66. The van der Waals surface area contributed by atoms with Crippen molar-refractivity contribution >= 4 is 15.9 Å². The van der Waals surface area contributed by atoms with Crippen LogP contribution in [0, 0.1) is 5.41 Å². The number of benzene rings is 1. The van der Waals surface area contributed by atoms with Gasteiger partial charge in [-0.05, 0) is 44.3 Å². The molecule has 20 heavy (non-hydrogen) atoms.